The maximum absolute atomic E-state index is 6.17. The molecule has 4 heteroatoms. The van der Waals surface area contributed by atoms with E-state index in [0.29, 0.717) is 0 Å². The summed E-state index contributed by atoms with van der Waals surface area (Å²) < 4.78 is 0. The van der Waals surface area contributed by atoms with E-state index in [9.17, 15) is 0 Å². The molecule has 0 amide bonds. The summed E-state index contributed by atoms with van der Waals surface area (Å²) >= 11 is 1.76. The Morgan fingerprint density at radius 3 is 3.17 bits per heavy atom. The lowest BCUT2D eigenvalue weighted by atomic mass is 9.99. The second-order valence-electron chi connectivity index (χ2n) is 4.72. The second-order valence-corrected chi connectivity index (χ2v) is 5.75. The number of rotatable bonds is 2. The molecule has 3 nitrogen and oxygen atoms in total. The predicted octanol–water partition coefficient (Wildman–Crippen LogP) is 3.10. The number of hydrogen-bond acceptors (Lipinski definition) is 4. The third-order valence-electron chi connectivity index (χ3n) is 3.51. The van der Waals surface area contributed by atoms with Crippen molar-refractivity contribution in [2.24, 2.45) is 5.73 Å². The Hall–Kier alpha value is -1.26. The molecule has 2 N–H and O–H groups in total. The topological polar surface area (TPSA) is 51.8 Å². The number of fused-ring (bicyclic) bond motifs is 1. The molecule has 1 aliphatic carbocycles. The van der Waals surface area contributed by atoms with Gasteiger partial charge < -0.3 is 5.73 Å². The smallest absolute Gasteiger partial charge is 0.124 e. The van der Waals surface area contributed by atoms with Gasteiger partial charge in [0.1, 0.15) is 5.01 Å². The predicted molar refractivity (Wildman–Crippen MR) is 74.6 cm³/mol. The zero-order valence-corrected chi connectivity index (χ0v) is 11.3. The van der Waals surface area contributed by atoms with Gasteiger partial charge in [-0.3, -0.25) is 4.98 Å². The fourth-order valence-corrected chi connectivity index (χ4v) is 3.69. The zero-order valence-electron chi connectivity index (χ0n) is 10.5. The third kappa shape index (κ3) is 1.95. The molecular formula is C14H17N3S. The van der Waals surface area contributed by atoms with Gasteiger partial charge in [-0.15, -0.1) is 11.3 Å². The molecule has 0 radical (unpaired) electrons. The Balaban J connectivity index is 2.07. The lowest BCUT2D eigenvalue weighted by molar-refractivity contribution is 0.573. The van der Waals surface area contributed by atoms with E-state index in [1.165, 1.54) is 21.7 Å². The number of pyridine rings is 1. The van der Waals surface area contributed by atoms with Crippen molar-refractivity contribution in [2.45, 2.75) is 38.6 Å². The Morgan fingerprint density at radius 2 is 2.39 bits per heavy atom. The van der Waals surface area contributed by atoms with Gasteiger partial charge in [0.15, 0.2) is 0 Å². The largest absolute Gasteiger partial charge is 0.323 e. The van der Waals surface area contributed by atoms with Gasteiger partial charge in [0.2, 0.25) is 0 Å². The molecule has 1 unspecified atom stereocenters. The first-order valence-electron chi connectivity index (χ1n) is 6.48. The number of aryl methyl sites for hydroxylation is 2. The molecule has 0 fully saturated rings. The van der Waals surface area contributed by atoms with Gasteiger partial charge in [-0.25, -0.2) is 4.98 Å². The van der Waals surface area contributed by atoms with Crippen LogP contribution in [0.25, 0.3) is 10.6 Å². The lowest BCUT2D eigenvalue weighted by Gasteiger charge is -2.15. The van der Waals surface area contributed by atoms with E-state index in [2.05, 4.69) is 18.0 Å². The Labute approximate surface area is 111 Å². The second kappa shape index (κ2) is 4.78. The molecule has 0 aromatic carbocycles. The highest BCUT2D eigenvalue weighted by Crippen LogP contribution is 2.37. The van der Waals surface area contributed by atoms with E-state index in [-0.39, 0.29) is 6.04 Å². The van der Waals surface area contributed by atoms with Crippen molar-refractivity contribution in [1.29, 1.82) is 0 Å². The van der Waals surface area contributed by atoms with Crippen molar-refractivity contribution in [3.05, 3.63) is 34.6 Å². The van der Waals surface area contributed by atoms with Gasteiger partial charge in [-0.2, -0.15) is 0 Å². The average molecular weight is 259 g/mol. The van der Waals surface area contributed by atoms with E-state index in [0.717, 1.165) is 30.7 Å². The van der Waals surface area contributed by atoms with Crippen molar-refractivity contribution in [3.63, 3.8) is 0 Å². The average Bonchev–Trinajstić information content (AvgIpc) is 2.84. The van der Waals surface area contributed by atoms with E-state index < -0.39 is 0 Å². The van der Waals surface area contributed by atoms with Gasteiger partial charge in [0, 0.05) is 28.9 Å². The summed E-state index contributed by atoms with van der Waals surface area (Å²) in [4.78, 5) is 10.3. The van der Waals surface area contributed by atoms with E-state index in [1.807, 2.05) is 12.4 Å². The number of thiazole rings is 1. The molecule has 0 bridgehead atoms. The molecule has 3 rings (SSSR count). The minimum Gasteiger partial charge on any atom is -0.323 e. The van der Waals surface area contributed by atoms with Crippen LogP contribution in [0.15, 0.2) is 18.5 Å². The Bertz CT molecular complexity index is 562. The highest BCUT2D eigenvalue weighted by molar-refractivity contribution is 7.15. The van der Waals surface area contributed by atoms with Crippen LogP contribution in [0.2, 0.25) is 0 Å². The van der Waals surface area contributed by atoms with Crippen molar-refractivity contribution < 1.29 is 0 Å². The number of hydrogen-bond donors (Lipinski definition) is 1. The van der Waals surface area contributed by atoms with Gasteiger partial charge in [-0.1, -0.05) is 6.92 Å². The standard InChI is InChI=1S/C14H17N3S/c1-2-9-8-16-7-6-10(9)14-17-12-5-3-4-11(15)13(12)18-14/h6-8,11H,2-5,15H2,1H3. The molecule has 2 aromatic rings. The Morgan fingerprint density at radius 1 is 1.50 bits per heavy atom. The summed E-state index contributed by atoms with van der Waals surface area (Å²) in [6.45, 7) is 2.15. The fourth-order valence-electron chi connectivity index (χ4n) is 2.49. The third-order valence-corrected chi connectivity index (χ3v) is 4.77. The first kappa shape index (κ1) is 11.8. The molecule has 0 saturated carbocycles. The van der Waals surface area contributed by atoms with E-state index >= 15 is 0 Å². The molecule has 0 aliphatic heterocycles. The monoisotopic (exact) mass is 259 g/mol. The maximum Gasteiger partial charge on any atom is 0.124 e. The van der Waals surface area contributed by atoms with Crippen LogP contribution in [0.3, 0.4) is 0 Å². The number of nitrogens with zero attached hydrogens (tertiary/aromatic N) is 2. The van der Waals surface area contributed by atoms with Crippen LogP contribution < -0.4 is 5.73 Å². The van der Waals surface area contributed by atoms with Gasteiger partial charge in [-0.05, 0) is 37.3 Å². The maximum atomic E-state index is 6.17. The fraction of sp³-hybridized carbons (Fsp3) is 0.429. The van der Waals surface area contributed by atoms with Crippen molar-refractivity contribution >= 4 is 11.3 Å². The molecule has 0 saturated heterocycles. The van der Waals surface area contributed by atoms with Crippen LogP contribution in [0.1, 0.15) is 41.9 Å². The van der Waals surface area contributed by atoms with Crippen molar-refractivity contribution in [3.8, 4) is 10.6 Å². The summed E-state index contributed by atoms with van der Waals surface area (Å²) in [5, 5.41) is 1.11. The first-order chi connectivity index (χ1) is 8.79. The van der Waals surface area contributed by atoms with Crippen molar-refractivity contribution in [1.82, 2.24) is 9.97 Å². The Kier molecular flexibility index (Phi) is 3.14. The summed E-state index contributed by atoms with van der Waals surface area (Å²) in [7, 11) is 0. The molecular weight excluding hydrogens is 242 g/mol. The van der Waals surface area contributed by atoms with Crippen LogP contribution in [0, 0.1) is 0 Å². The molecule has 2 heterocycles. The number of aromatic nitrogens is 2. The van der Waals surface area contributed by atoms with Crippen LogP contribution in [-0.2, 0) is 12.8 Å². The summed E-state index contributed by atoms with van der Waals surface area (Å²) in [5.41, 5.74) is 9.86. The number of nitrogens with two attached hydrogens (primary N) is 1. The van der Waals surface area contributed by atoms with Gasteiger partial charge >= 0.3 is 0 Å². The normalized spacial score (nSPS) is 18.7. The van der Waals surface area contributed by atoms with Crippen LogP contribution in [0.5, 0.6) is 0 Å². The van der Waals surface area contributed by atoms with Crippen LogP contribution >= 0.6 is 11.3 Å². The SMILES string of the molecule is CCc1cnccc1-c1nc2c(s1)C(N)CCC2. The summed E-state index contributed by atoms with van der Waals surface area (Å²) in [6.07, 6.45) is 8.09. The van der Waals surface area contributed by atoms with Crippen LogP contribution in [-0.4, -0.2) is 9.97 Å². The highest BCUT2D eigenvalue weighted by Gasteiger charge is 2.22. The first-order valence-corrected chi connectivity index (χ1v) is 7.29. The van der Waals surface area contributed by atoms with Gasteiger partial charge in [0.05, 0.1) is 5.69 Å². The van der Waals surface area contributed by atoms with Gasteiger partial charge in [0.25, 0.3) is 0 Å². The summed E-state index contributed by atoms with van der Waals surface area (Å²) in [5.74, 6) is 0. The highest BCUT2D eigenvalue weighted by atomic mass is 32.1. The molecule has 0 spiro atoms. The molecule has 94 valence electrons. The van der Waals surface area contributed by atoms with Crippen LogP contribution in [0.4, 0.5) is 0 Å². The van der Waals surface area contributed by atoms with E-state index in [4.69, 9.17) is 10.7 Å². The lowest BCUT2D eigenvalue weighted by Crippen LogP contribution is -2.15. The molecule has 18 heavy (non-hydrogen) atoms. The molecule has 1 atom stereocenters. The minimum absolute atomic E-state index is 0.187. The molecule has 2 aromatic heterocycles. The zero-order chi connectivity index (χ0) is 12.5. The van der Waals surface area contributed by atoms with Crippen molar-refractivity contribution in [2.75, 3.05) is 0 Å². The molecule has 1 aliphatic rings. The minimum atomic E-state index is 0.187. The summed E-state index contributed by atoms with van der Waals surface area (Å²) in [6, 6.07) is 2.25. The van der Waals surface area contributed by atoms with E-state index in [1.54, 1.807) is 11.3 Å². The quantitative estimate of drug-likeness (QED) is 0.901.